The average Bonchev–Trinajstić information content (AvgIpc) is 2.71. The number of piperazine rings is 1. The number of aromatic nitrogens is 3. The average molecular weight is 534 g/mol. The van der Waals surface area contributed by atoms with Crippen molar-refractivity contribution >= 4 is 45.7 Å². The lowest BCUT2D eigenvalue weighted by Gasteiger charge is -2.42. The van der Waals surface area contributed by atoms with Gasteiger partial charge >= 0.3 is 0 Å². The molecule has 2 aromatic rings. The SMILES string of the molecule is CCc1ncccc1C(C(C)C)N1CCN(c2cnn(PI)c(=O)c2Cl)CC1. The van der Waals surface area contributed by atoms with Crippen LogP contribution in [-0.2, 0) is 6.42 Å². The zero-order valence-electron chi connectivity index (χ0n) is 16.4. The Morgan fingerprint density at radius 1 is 1.29 bits per heavy atom. The summed E-state index contributed by atoms with van der Waals surface area (Å²) in [5.41, 5.74) is 3.05. The third-order valence-electron chi connectivity index (χ3n) is 5.24. The van der Waals surface area contributed by atoms with Gasteiger partial charge < -0.3 is 4.90 Å². The third kappa shape index (κ3) is 4.53. The largest absolute Gasteiger partial charge is 0.366 e. The second kappa shape index (κ2) is 9.83. The predicted octanol–water partition coefficient (Wildman–Crippen LogP) is 4.17. The standard InChI is InChI=1S/C19H26ClIN5OP/c1-4-15-14(6-5-7-22-15)18(13(2)3)25-10-8-24(9-11-25)16-12-23-26(28-21)19(27)17(16)20/h5-7,12-13,18,28H,4,8-11H2,1-3H3. The zero-order chi connectivity index (χ0) is 20.3. The van der Waals surface area contributed by atoms with Crippen LogP contribution in [-0.4, -0.2) is 45.6 Å². The molecule has 0 aromatic carbocycles. The van der Waals surface area contributed by atoms with Gasteiger partial charge in [0.2, 0.25) is 0 Å². The van der Waals surface area contributed by atoms with E-state index in [-0.39, 0.29) is 17.0 Å². The lowest BCUT2D eigenvalue weighted by Crippen LogP contribution is -2.49. The zero-order valence-corrected chi connectivity index (χ0v) is 20.3. The Labute approximate surface area is 186 Å². The molecule has 28 heavy (non-hydrogen) atoms. The molecule has 9 heteroatoms. The Morgan fingerprint density at radius 3 is 2.61 bits per heavy atom. The minimum Gasteiger partial charge on any atom is -0.366 e. The van der Waals surface area contributed by atoms with Crippen molar-refractivity contribution in [2.24, 2.45) is 5.92 Å². The fourth-order valence-electron chi connectivity index (χ4n) is 3.94. The summed E-state index contributed by atoms with van der Waals surface area (Å²) in [5.74, 6) is 0.486. The smallest absolute Gasteiger partial charge is 0.291 e. The summed E-state index contributed by atoms with van der Waals surface area (Å²) in [7, 11) is 0. The monoisotopic (exact) mass is 533 g/mol. The Hall–Kier alpha value is -0.760. The van der Waals surface area contributed by atoms with E-state index < -0.39 is 0 Å². The molecule has 0 radical (unpaired) electrons. The molecule has 0 N–H and O–H groups in total. The first kappa shape index (κ1) is 21.9. The van der Waals surface area contributed by atoms with Gasteiger partial charge in [0.25, 0.3) is 5.56 Å². The molecule has 6 nitrogen and oxygen atoms in total. The lowest BCUT2D eigenvalue weighted by molar-refractivity contribution is 0.145. The van der Waals surface area contributed by atoms with Crippen LogP contribution in [0, 0.1) is 5.92 Å². The second-order valence-electron chi connectivity index (χ2n) is 7.25. The van der Waals surface area contributed by atoms with Gasteiger partial charge in [-0.2, -0.15) is 5.10 Å². The number of nitrogens with zero attached hydrogens (tertiary/aromatic N) is 5. The van der Waals surface area contributed by atoms with Crippen molar-refractivity contribution in [2.75, 3.05) is 31.1 Å². The summed E-state index contributed by atoms with van der Waals surface area (Å²) in [6.45, 7) is 10.2. The highest BCUT2D eigenvalue weighted by Gasteiger charge is 2.30. The van der Waals surface area contributed by atoms with E-state index in [1.807, 2.05) is 12.3 Å². The molecule has 1 saturated heterocycles. The van der Waals surface area contributed by atoms with E-state index in [4.69, 9.17) is 11.6 Å². The lowest BCUT2D eigenvalue weighted by atomic mass is 9.92. The van der Waals surface area contributed by atoms with E-state index in [1.54, 1.807) is 6.20 Å². The van der Waals surface area contributed by atoms with Gasteiger partial charge in [0, 0.05) is 44.1 Å². The highest BCUT2D eigenvalue weighted by Crippen LogP contribution is 2.33. The van der Waals surface area contributed by atoms with Crippen molar-refractivity contribution in [3.63, 3.8) is 0 Å². The minimum absolute atomic E-state index is 0.211. The van der Waals surface area contributed by atoms with Crippen molar-refractivity contribution in [3.05, 3.63) is 51.2 Å². The molecule has 0 aliphatic carbocycles. The maximum atomic E-state index is 12.3. The number of halogens is 2. The molecule has 0 saturated carbocycles. The van der Waals surface area contributed by atoms with E-state index in [1.165, 1.54) is 15.7 Å². The van der Waals surface area contributed by atoms with Gasteiger partial charge in [-0.05, 0) is 46.0 Å². The van der Waals surface area contributed by atoms with Crippen LogP contribution in [0.3, 0.4) is 0 Å². The van der Waals surface area contributed by atoms with E-state index in [9.17, 15) is 4.79 Å². The highest BCUT2D eigenvalue weighted by atomic mass is 127. The van der Waals surface area contributed by atoms with Crippen molar-refractivity contribution in [2.45, 2.75) is 33.2 Å². The molecule has 0 spiro atoms. The van der Waals surface area contributed by atoms with E-state index in [2.05, 4.69) is 68.8 Å². The van der Waals surface area contributed by atoms with E-state index in [0.29, 0.717) is 12.0 Å². The number of rotatable bonds is 6. The Balaban J connectivity index is 1.79. The van der Waals surface area contributed by atoms with E-state index >= 15 is 0 Å². The fourth-order valence-corrected chi connectivity index (χ4v) is 5.58. The molecule has 2 atom stereocenters. The van der Waals surface area contributed by atoms with Gasteiger partial charge in [-0.1, -0.05) is 38.4 Å². The predicted molar refractivity (Wildman–Crippen MR) is 126 cm³/mol. The summed E-state index contributed by atoms with van der Waals surface area (Å²) in [6, 6.07) is 4.59. The first-order valence-electron chi connectivity index (χ1n) is 9.55. The summed E-state index contributed by atoms with van der Waals surface area (Å²) >= 11 is 8.49. The van der Waals surface area contributed by atoms with Crippen LogP contribution >= 0.6 is 40.0 Å². The van der Waals surface area contributed by atoms with Crippen molar-refractivity contribution in [1.82, 2.24) is 19.4 Å². The first-order chi connectivity index (χ1) is 13.5. The molecule has 2 aromatic heterocycles. The summed E-state index contributed by atoms with van der Waals surface area (Å²) < 4.78 is 1.41. The minimum atomic E-state index is -0.211. The number of anilines is 1. The number of pyridine rings is 1. The normalized spacial score (nSPS) is 17.0. The van der Waals surface area contributed by atoms with Gasteiger partial charge in [-0.25, -0.2) is 4.45 Å². The van der Waals surface area contributed by atoms with Gasteiger partial charge in [-0.3, -0.25) is 14.7 Å². The molecule has 0 bridgehead atoms. The Bertz CT molecular complexity index is 870. The summed E-state index contributed by atoms with van der Waals surface area (Å²) in [5, 5.41) is 4.52. The number of aryl methyl sites for hydroxylation is 1. The number of hydrogen-bond donors (Lipinski definition) is 0. The van der Waals surface area contributed by atoms with Crippen molar-refractivity contribution in [3.8, 4) is 0 Å². The Kier molecular flexibility index (Phi) is 7.70. The molecular formula is C19H26ClIN5OP. The quantitative estimate of drug-likeness (QED) is 0.412. The van der Waals surface area contributed by atoms with Gasteiger partial charge in [0.05, 0.1) is 18.3 Å². The molecule has 1 aliphatic heterocycles. The van der Waals surface area contributed by atoms with Crippen LogP contribution in [0.15, 0.2) is 29.3 Å². The van der Waals surface area contributed by atoms with Gasteiger partial charge in [0.1, 0.15) is 5.02 Å². The molecule has 3 heterocycles. The molecule has 2 unspecified atom stereocenters. The Morgan fingerprint density at radius 2 is 2.00 bits per heavy atom. The van der Waals surface area contributed by atoms with Crippen LogP contribution in [0.2, 0.25) is 5.02 Å². The molecule has 0 amide bonds. The van der Waals surface area contributed by atoms with Gasteiger partial charge in [-0.15, -0.1) is 0 Å². The summed E-state index contributed by atoms with van der Waals surface area (Å²) in [6.07, 6.45) is 4.79. The fraction of sp³-hybridized carbons (Fsp3) is 0.526. The highest BCUT2D eigenvalue weighted by molar-refractivity contribution is 14.2. The summed E-state index contributed by atoms with van der Waals surface area (Å²) in [4.78, 5) is 21.6. The first-order valence-corrected chi connectivity index (χ1v) is 14.0. The number of hydrogen-bond acceptors (Lipinski definition) is 5. The maximum Gasteiger partial charge on any atom is 0.291 e. The van der Waals surface area contributed by atoms with E-state index in [0.717, 1.165) is 38.3 Å². The van der Waals surface area contributed by atoms with Crippen LogP contribution in [0.25, 0.3) is 0 Å². The topological polar surface area (TPSA) is 54.3 Å². The molecular weight excluding hydrogens is 508 g/mol. The van der Waals surface area contributed by atoms with Crippen LogP contribution in [0.5, 0.6) is 0 Å². The van der Waals surface area contributed by atoms with Crippen LogP contribution in [0.4, 0.5) is 5.69 Å². The molecule has 1 aliphatic rings. The van der Waals surface area contributed by atoms with Crippen LogP contribution < -0.4 is 10.5 Å². The van der Waals surface area contributed by atoms with Gasteiger partial charge in [0.15, 0.2) is 0 Å². The molecule has 152 valence electrons. The third-order valence-corrected chi connectivity index (χ3v) is 7.44. The maximum absolute atomic E-state index is 12.3. The second-order valence-corrected chi connectivity index (χ2v) is 9.67. The van der Waals surface area contributed by atoms with Crippen molar-refractivity contribution < 1.29 is 0 Å². The van der Waals surface area contributed by atoms with Crippen molar-refractivity contribution in [1.29, 1.82) is 0 Å². The molecule has 3 rings (SSSR count). The molecule has 1 fully saturated rings. The van der Waals surface area contributed by atoms with Crippen LogP contribution in [0.1, 0.15) is 38.1 Å².